The number of aromatic nitrogens is 1. The van der Waals surface area contributed by atoms with Gasteiger partial charge in [0.15, 0.2) is 0 Å². The Labute approximate surface area is 166 Å². The number of amides is 1. The van der Waals surface area contributed by atoms with Crippen LogP contribution < -0.4 is 4.74 Å². The summed E-state index contributed by atoms with van der Waals surface area (Å²) < 4.78 is 70.7. The topological polar surface area (TPSA) is 62.7 Å². The highest BCUT2D eigenvalue weighted by Crippen LogP contribution is 2.37. The molecule has 2 aromatic rings. The van der Waals surface area contributed by atoms with Crippen molar-refractivity contribution in [2.45, 2.75) is 25.1 Å². The summed E-state index contributed by atoms with van der Waals surface area (Å²) in [6.07, 6.45) is -6.91. The maximum Gasteiger partial charge on any atom is 0.407 e. The van der Waals surface area contributed by atoms with E-state index in [2.05, 4.69) is 4.98 Å². The van der Waals surface area contributed by atoms with Gasteiger partial charge in [-0.05, 0) is 36.6 Å². The molecule has 11 heteroatoms. The zero-order valence-corrected chi connectivity index (χ0v) is 15.4. The number of carboxylic acid groups (broad SMARTS) is 1. The van der Waals surface area contributed by atoms with Gasteiger partial charge in [0.1, 0.15) is 29.4 Å². The number of ether oxygens (including phenoxy) is 1. The molecule has 1 amide bonds. The molecular formula is C18H14ClF5N2O3. The van der Waals surface area contributed by atoms with Crippen LogP contribution in [-0.2, 0) is 6.42 Å². The van der Waals surface area contributed by atoms with E-state index in [1.807, 2.05) is 0 Å². The Bertz CT molecular complexity index is 938. The van der Waals surface area contributed by atoms with Gasteiger partial charge in [-0.25, -0.2) is 18.6 Å². The van der Waals surface area contributed by atoms with Crippen molar-refractivity contribution in [3.05, 3.63) is 46.6 Å². The largest absolute Gasteiger partial charge is 0.472 e. The van der Waals surface area contributed by atoms with Crippen LogP contribution in [-0.4, -0.2) is 46.5 Å². The summed E-state index contributed by atoms with van der Waals surface area (Å²) in [5.74, 6) is -1.60. The molecule has 5 nitrogen and oxygen atoms in total. The Balaban J connectivity index is 1.87. The van der Waals surface area contributed by atoms with Crippen LogP contribution >= 0.6 is 11.6 Å². The molecule has 0 spiro atoms. The van der Waals surface area contributed by atoms with Crippen LogP contribution in [0.25, 0.3) is 11.1 Å². The summed E-state index contributed by atoms with van der Waals surface area (Å²) in [5.41, 5.74) is 0.841. The first-order valence-electron chi connectivity index (χ1n) is 8.39. The van der Waals surface area contributed by atoms with Crippen molar-refractivity contribution >= 4 is 17.7 Å². The van der Waals surface area contributed by atoms with E-state index in [0.29, 0.717) is 17.2 Å². The first-order valence-corrected chi connectivity index (χ1v) is 8.77. The molecule has 0 bridgehead atoms. The minimum Gasteiger partial charge on any atom is -0.472 e. The Morgan fingerprint density at radius 2 is 2.00 bits per heavy atom. The maximum absolute atomic E-state index is 14.2. The molecule has 2 heterocycles. The number of nitrogens with zero attached hydrogens (tertiary/aromatic N) is 2. The van der Waals surface area contributed by atoms with E-state index in [0.717, 1.165) is 6.07 Å². The van der Waals surface area contributed by atoms with E-state index in [9.17, 15) is 26.7 Å². The van der Waals surface area contributed by atoms with Crippen LogP contribution in [0.2, 0.25) is 5.15 Å². The lowest BCUT2D eigenvalue weighted by atomic mass is 9.95. The molecule has 0 saturated heterocycles. The average Bonchev–Trinajstić information content (AvgIpc) is 2.59. The third-order valence-electron chi connectivity index (χ3n) is 4.34. The molecule has 1 aromatic carbocycles. The summed E-state index contributed by atoms with van der Waals surface area (Å²) >= 11 is 5.97. The number of halogens is 6. The Hall–Kier alpha value is -2.62. The smallest absolute Gasteiger partial charge is 0.407 e. The molecule has 1 aliphatic heterocycles. The van der Waals surface area contributed by atoms with Crippen molar-refractivity contribution in [3.8, 4) is 17.0 Å². The number of pyridine rings is 1. The summed E-state index contributed by atoms with van der Waals surface area (Å²) in [5, 5.41) is 8.95. The number of hydrogen-bond acceptors (Lipinski definition) is 3. The Morgan fingerprint density at radius 1 is 1.28 bits per heavy atom. The average molecular weight is 437 g/mol. The van der Waals surface area contributed by atoms with Gasteiger partial charge in [0.2, 0.25) is 5.88 Å². The van der Waals surface area contributed by atoms with E-state index in [1.54, 1.807) is 0 Å². The van der Waals surface area contributed by atoms with Crippen LogP contribution in [0, 0.1) is 11.6 Å². The lowest BCUT2D eigenvalue weighted by Gasteiger charge is -2.30. The first-order chi connectivity index (χ1) is 13.5. The van der Waals surface area contributed by atoms with Gasteiger partial charge in [0.05, 0.1) is 6.54 Å². The second-order valence-electron chi connectivity index (χ2n) is 6.46. The number of rotatable bonds is 4. The highest BCUT2D eigenvalue weighted by Gasteiger charge is 2.35. The third kappa shape index (κ3) is 5.06. The summed E-state index contributed by atoms with van der Waals surface area (Å²) in [6, 6.07) is 4.41. The number of fused-ring (bicyclic) bond motifs is 1. The zero-order valence-electron chi connectivity index (χ0n) is 14.6. The minimum absolute atomic E-state index is 0.0233. The fourth-order valence-electron chi connectivity index (χ4n) is 3.13. The molecule has 0 radical (unpaired) electrons. The molecule has 0 saturated carbocycles. The predicted octanol–water partition coefficient (Wildman–Crippen LogP) is 4.92. The minimum atomic E-state index is -4.69. The molecule has 1 N–H and O–H groups in total. The molecule has 156 valence electrons. The molecule has 1 aliphatic rings. The molecule has 0 aliphatic carbocycles. The fraction of sp³-hybridized carbons (Fsp3) is 0.333. The monoisotopic (exact) mass is 436 g/mol. The molecule has 1 atom stereocenters. The second-order valence-corrected chi connectivity index (χ2v) is 6.84. The zero-order chi connectivity index (χ0) is 21.3. The van der Waals surface area contributed by atoms with Crippen LogP contribution in [0.4, 0.5) is 26.7 Å². The molecule has 1 unspecified atom stereocenters. The molecule has 29 heavy (non-hydrogen) atoms. The van der Waals surface area contributed by atoms with Crippen molar-refractivity contribution in [2.24, 2.45) is 0 Å². The predicted molar refractivity (Wildman–Crippen MR) is 93.0 cm³/mol. The van der Waals surface area contributed by atoms with Gasteiger partial charge in [-0.2, -0.15) is 13.2 Å². The van der Waals surface area contributed by atoms with E-state index in [-0.39, 0.29) is 34.3 Å². The Morgan fingerprint density at radius 3 is 2.62 bits per heavy atom. The number of alkyl halides is 3. The van der Waals surface area contributed by atoms with Gasteiger partial charge in [-0.1, -0.05) is 11.6 Å². The quantitative estimate of drug-likeness (QED) is 0.546. The normalized spacial score (nSPS) is 16.1. The molecule has 1 aromatic heterocycles. The van der Waals surface area contributed by atoms with Gasteiger partial charge in [0, 0.05) is 17.2 Å². The van der Waals surface area contributed by atoms with Crippen molar-refractivity contribution in [1.82, 2.24) is 9.88 Å². The molecule has 0 fully saturated rings. The van der Waals surface area contributed by atoms with E-state index in [4.69, 9.17) is 21.4 Å². The van der Waals surface area contributed by atoms with E-state index in [1.165, 1.54) is 12.1 Å². The summed E-state index contributed by atoms with van der Waals surface area (Å²) in [6.45, 7) is -2.16. The molecule has 3 rings (SSSR count). The van der Waals surface area contributed by atoms with Crippen LogP contribution in [0.3, 0.4) is 0 Å². The highest BCUT2D eigenvalue weighted by atomic mass is 35.5. The Kier molecular flexibility index (Phi) is 5.83. The standard InChI is InChI=1S/C18H14ClF5N2O3/c19-15-6-13(11-3-1-9(20)5-14(11)21)12-4-2-10(29-16(12)25-15)7-26(17(27)28)8-18(22,23)24/h1,3,5-6,10H,2,4,7-8H2,(H,27,28). The van der Waals surface area contributed by atoms with Gasteiger partial charge < -0.3 is 9.84 Å². The lowest BCUT2D eigenvalue weighted by molar-refractivity contribution is -0.143. The van der Waals surface area contributed by atoms with Crippen molar-refractivity contribution in [3.63, 3.8) is 0 Å². The third-order valence-corrected chi connectivity index (χ3v) is 4.53. The SMILES string of the molecule is O=C(O)N(CC1CCc2c(-c3ccc(F)cc3F)cc(Cl)nc2O1)CC(F)(F)F. The van der Waals surface area contributed by atoms with Gasteiger partial charge in [0.25, 0.3) is 0 Å². The van der Waals surface area contributed by atoms with Crippen LogP contribution in [0.1, 0.15) is 12.0 Å². The first kappa shape index (κ1) is 21.1. The lowest BCUT2D eigenvalue weighted by Crippen LogP contribution is -2.45. The van der Waals surface area contributed by atoms with Gasteiger partial charge >= 0.3 is 12.3 Å². The van der Waals surface area contributed by atoms with Gasteiger partial charge in [-0.15, -0.1) is 0 Å². The van der Waals surface area contributed by atoms with Crippen molar-refractivity contribution in [2.75, 3.05) is 13.1 Å². The van der Waals surface area contributed by atoms with E-state index >= 15 is 0 Å². The number of benzene rings is 1. The summed E-state index contributed by atoms with van der Waals surface area (Å²) in [4.78, 5) is 15.3. The van der Waals surface area contributed by atoms with E-state index < -0.39 is 43.1 Å². The maximum atomic E-state index is 14.2. The number of hydrogen-bond donors (Lipinski definition) is 1. The van der Waals surface area contributed by atoms with Crippen molar-refractivity contribution in [1.29, 1.82) is 0 Å². The number of carbonyl (C=O) groups is 1. The highest BCUT2D eigenvalue weighted by molar-refractivity contribution is 6.29. The van der Waals surface area contributed by atoms with Crippen molar-refractivity contribution < 1.29 is 36.6 Å². The molecular weight excluding hydrogens is 423 g/mol. The fourth-order valence-corrected chi connectivity index (χ4v) is 3.31. The van der Waals surface area contributed by atoms with Gasteiger partial charge in [-0.3, -0.25) is 4.90 Å². The second kappa shape index (κ2) is 8.02. The van der Waals surface area contributed by atoms with Crippen LogP contribution in [0.15, 0.2) is 24.3 Å². The van der Waals surface area contributed by atoms with Crippen LogP contribution in [0.5, 0.6) is 5.88 Å². The summed E-state index contributed by atoms with van der Waals surface area (Å²) in [7, 11) is 0.